The van der Waals surface area contributed by atoms with Gasteiger partial charge in [-0.05, 0) is 104 Å². The number of para-hydroxylation sites is 4. The third-order valence-electron chi connectivity index (χ3n) is 10.9. The zero-order chi connectivity index (χ0) is 34.9. The van der Waals surface area contributed by atoms with Gasteiger partial charge in [-0.25, -0.2) is 0 Å². The van der Waals surface area contributed by atoms with Crippen LogP contribution in [0.4, 0.5) is 0 Å². The van der Waals surface area contributed by atoms with Crippen LogP contribution < -0.4 is 0 Å². The fraction of sp³-hybridized carbons (Fsp3) is 0. The molecule has 11 rings (SSSR count). The molecule has 0 spiro atoms. The lowest BCUT2D eigenvalue weighted by Crippen LogP contribution is -2.04. The Morgan fingerprint density at radius 2 is 0.585 bits per heavy atom. The summed E-state index contributed by atoms with van der Waals surface area (Å²) < 4.78 is 7.05. The van der Waals surface area contributed by atoms with Gasteiger partial charge < -0.3 is 13.7 Å². The Balaban J connectivity index is 1.33. The Labute approximate surface area is 306 Å². The van der Waals surface area contributed by atoms with Crippen LogP contribution in [0.3, 0.4) is 0 Å². The Bertz CT molecular complexity index is 3220. The van der Waals surface area contributed by atoms with Crippen LogP contribution in [0.25, 0.3) is 93.0 Å². The van der Waals surface area contributed by atoms with E-state index in [2.05, 4.69) is 214 Å². The van der Waals surface area contributed by atoms with Gasteiger partial charge in [0, 0.05) is 40.2 Å². The summed E-state index contributed by atoms with van der Waals surface area (Å²) in [5.41, 5.74) is 8.09. The molecule has 0 aliphatic carbocycles. The normalized spacial score (nSPS) is 11.8. The molecule has 248 valence electrons. The van der Waals surface area contributed by atoms with E-state index in [0.717, 1.165) is 28.1 Å². The summed E-state index contributed by atoms with van der Waals surface area (Å²) >= 11 is 0. The van der Waals surface area contributed by atoms with Crippen LogP contribution in [-0.2, 0) is 0 Å². The largest absolute Gasteiger partial charge is 0.314 e. The molecule has 11 aromatic rings. The first-order valence-electron chi connectivity index (χ1n) is 18.2. The van der Waals surface area contributed by atoms with Crippen LogP contribution in [0.1, 0.15) is 0 Å². The highest BCUT2D eigenvalue weighted by Gasteiger charge is 2.16. The second-order valence-electron chi connectivity index (χ2n) is 13.8. The van der Waals surface area contributed by atoms with Crippen molar-refractivity contribution in [3.63, 3.8) is 0 Å². The van der Waals surface area contributed by atoms with E-state index < -0.39 is 0 Å². The minimum Gasteiger partial charge on any atom is -0.314 e. The van der Waals surface area contributed by atoms with Gasteiger partial charge >= 0.3 is 0 Å². The van der Waals surface area contributed by atoms with Gasteiger partial charge in [0.05, 0.1) is 22.1 Å². The summed E-state index contributed by atoms with van der Waals surface area (Å²) in [6, 6.07) is 68.5. The summed E-state index contributed by atoms with van der Waals surface area (Å²) in [6.07, 6.45) is 4.37. The first-order chi connectivity index (χ1) is 26.3. The average Bonchev–Trinajstić information content (AvgIpc) is 3.57. The van der Waals surface area contributed by atoms with Crippen molar-refractivity contribution in [2.45, 2.75) is 0 Å². The molecule has 0 radical (unpaired) electrons. The summed E-state index contributed by atoms with van der Waals surface area (Å²) in [5.74, 6) is 0. The van der Waals surface area contributed by atoms with Crippen molar-refractivity contribution < 1.29 is 0 Å². The highest BCUT2D eigenvalue weighted by molar-refractivity contribution is 6.27. The van der Waals surface area contributed by atoms with Crippen molar-refractivity contribution in [2.75, 3.05) is 0 Å². The van der Waals surface area contributed by atoms with Gasteiger partial charge in [0.25, 0.3) is 0 Å². The molecule has 0 amide bonds. The molecule has 0 atom stereocenters. The summed E-state index contributed by atoms with van der Waals surface area (Å²) in [5, 5.41) is 12.3. The molecule has 0 unspecified atom stereocenters. The molecular weight excluding hydrogens is 643 g/mol. The van der Waals surface area contributed by atoms with Gasteiger partial charge in [-0.15, -0.1) is 0 Å². The number of fused-ring (bicyclic) bond motifs is 12. The van der Waals surface area contributed by atoms with Gasteiger partial charge in [0.1, 0.15) is 0 Å². The number of benzene rings is 8. The second kappa shape index (κ2) is 11.7. The molecular formula is C50H33N3. The van der Waals surface area contributed by atoms with Crippen LogP contribution >= 0.6 is 0 Å². The molecule has 0 bridgehead atoms. The zero-order valence-corrected chi connectivity index (χ0v) is 28.9. The van der Waals surface area contributed by atoms with E-state index in [4.69, 9.17) is 0 Å². The molecule has 0 aliphatic rings. The lowest BCUT2D eigenvalue weighted by molar-refractivity contribution is 1.01. The quantitative estimate of drug-likeness (QED) is 0.177. The minimum atomic E-state index is 1.12. The SMILES string of the molecule is c1ccc(-n2ccn(-c3ccccc3)c3cc4c5ccccc5c5cc(-n6c7ccccc7c7ccccc76)ccc5c5ccccc5c4cc32)cc1. The van der Waals surface area contributed by atoms with Gasteiger partial charge in [0.2, 0.25) is 0 Å². The van der Waals surface area contributed by atoms with E-state index in [-0.39, 0.29) is 0 Å². The fourth-order valence-corrected chi connectivity index (χ4v) is 8.57. The third kappa shape index (κ3) is 4.54. The van der Waals surface area contributed by atoms with E-state index in [9.17, 15) is 0 Å². The Kier molecular flexibility index (Phi) is 6.55. The highest BCUT2D eigenvalue weighted by Crippen LogP contribution is 2.40. The minimum absolute atomic E-state index is 1.12. The maximum absolute atomic E-state index is 2.42. The van der Waals surface area contributed by atoms with Crippen LogP contribution in [0, 0.1) is 0 Å². The lowest BCUT2D eigenvalue weighted by Gasteiger charge is -2.19. The predicted molar refractivity (Wildman–Crippen MR) is 225 cm³/mol. The van der Waals surface area contributed by atoms with Gasteiger partial charge in [0.15, 0.2) is 0 Å². The number of hydrogen-bond donors (Lipinski definition) is 0. The maximum atomic E-state index is 2.42. The molecule has 0 N–H and O–H groups in total. The third-order valence-corrected chi connectivity index (χ3v) is 10.9. The second-order valence-corrected chi connectivity index (χ2v) is 13.8. The van der Waals surface area contributed by atoms with Crippen LogP contribution in [-0.4, -0.2) is 13.7 Å². The molecule has 53 heavy (non-hydrogen) atoms. The Morgan fingerprint density at radius 3 is 1.06 bits per heavy atom. The number of aromatic nitrogens is 3. The molecule has 3 nitrogen and oxygen atoms in total. The Hall–Kier alpha value is -7.10. The van der Waals surface area contributed by atoms with Crippen molar-refractivity contribution >= 4 is 75.9 Å². The van der Waals surface area contributed by atoms with Gasteiger partial charge in [-0.1, -0.05) is 127 Å². The van der Waals surface area contributed by atoms with Crippen molar-refractivity contribution in [1.29, 1.82) is 0 Å². The van der Waals surface area contributed by atoms with Gasteiger partial charge in [-0.3, -0.25) is 0 Å². The van der Waals surface area contributed by atoms with Crippen molar-refractivity contribution in [3.05, 3.63) is 200 Å². The topological polar surface area (TPSA) is 14.8 Å². The van der Waals surface area contributed by atoms with Crippen molar-refractivity contribution in [1.82, 2.24) is 13.7 Å². The highest BCUT2D eigenvalue weighted by atomic mass is 15.0. The predicted octanol–water partition coefficient (Wildman–Crippen LogP) is 13.3. The van der Waals surface area contributed by atoms with E-state index >= 15 is 0 Å². The van der Waals surface area contributed by atoms with Gasteiger partial charge in [-0.2, -0.15) is 0 Å². The summed E-state index contributed by atoms with van der Waals surface area (Å²) in [4.78, 5) is 0. The average molecular weight is 676 g/mol. The summed E-state index contributed by atoms with van der Waals surface area (Å²) in [7, 11) is 0. The fourth-order valence-electron chi connectivity index (χ4n) is 8.57. The van der Waals surface area contributed by atoms with Crippen molar-refractivity contribution in [3.8, 4) is 17.1 Å². The summed E-state index contributed by atoms with van der Waals surface area (Å²) in [6.45, 7) is 0. The molecule has 0 saturated carbocycles. The first kappa shape index (κ1) is 29.6. The van der Waals surface area contributed by atoms with E-state index in [1.165, 1.54) is 64.9 Å². The molecule has 0 aliphatic heterocycles. The molecule has 9 aromatic carbocycles. The molecule has 2 aromatic heterocycles. The Morgan fingerprint density at radius 1 is 0.226 bits per heavy atom. The van der Waals surface area contributed by atoms with E-state index in [1.54, 1.807) is 0 Å². The van der Waals surface area contributed by atoms with Crippen molar-refractivity contribution in [2.24, 2.45) is 0 Å². The lowest BCUT2D eigenvalue weighted by atomic mass is 9.93. The monoisotopic (exact) mass is 675 g/mol. The molecule has 2 heterocycles. The molecule has 0 saturated heterocycles. The zero-order valence-electron chi connectivity index (χ0n) is 28.9. The number of rotatable bonds is 3. The standard InChI is InChI=1S/C50H33N3/c1-3-15-34(16-4-1)51-29-30-52(35-17-5-2-6-18-35)50-33-46-40-22-10-9-21-39(40)44-31-36(53-47-25-13-11-23-42(47)43-24-12-14-26-48(43)53)27-28-41(44)37-19-7-8-20-38(37)45(46)32-49(50)51/h1-33H. The maximum Gasteiger partial charge on any atom is 0.0703 e. The van der Waals surface area contributed by atoms with Crippen LogP contribution in [0.2, 0.25) is 0 Å². The van der Waals surface area contributed by atoms with E-state index in [1.807, 2.05) is 0 Å². The van der Waals surface area contributed by atoms with E-state index in [0.29, 0.717) is 0 Å². The molecule has 0 fully saturated rings. The number of nitrogens with zero attached hydrogens (tertiary/aromatic N) is 3. The first-order valence-corrected chi connectivity index (χ1v) is 18.2. The van der Waals surface area contributed by atoms with Crippen LogP contribution in [0.5, 0.6) is 0 Å². The number of hydrogen-bond acceptors (Lipinski definition) is 0. The van der Waals surface area contributed by atoms with Crippen LogP contribution in [0.15, 0.2) is 200 Å². The molecule has 3 heteroatoms. The smallest absolute Gasteiger partial charge is 0.0703 e.